The SMILES string of the molecule is [CH2-]C1(C)C[C-](C)N(C)COC(C)(C)C1.[CH3-].[Lr].[Lr]. The summed E-state index contributed by atoms with van der Waals surface area (Å²) in [6.45, 7) is 13.6. The van der Waals surface area contributed by atoms with Crippen molar-refractivity contribution in [2.75, 3.05) is 13.8 Å². The van der Waals surface area contributed by atoms with Gasteiger partial charge in [0.25, 0.3) is 0 Å². The number of ether oxygens (including phenoxy) is 1. The second-order valence-corrected chi connectivity index (χ2v) is 5.63. The summed E-state index contributed by atoms with van der Waals surface area (Å²) < 4.78 is 5.85. The van der Waals surface area contributed by atoms with Crippen molar-refractivity contribution in [3.05, 3.63) is 20.4 Å². The monoisotopic (exact) mass is 736 g/mol. The molecule has 0 aromatic carbocycles. The van der Waals surface area contributed by atoms with Gasteiger partial charge in [0.15, 0.2) is 0 Å². The molecule has 4 heteroatoms. The van der Waals surface area contributed by atoms with Crippen LogP contribution in [0.4, 0.5) is 0 Å². The van der Waals surface area contributed by atoms with E-state index in [9.17, 15) is 0 Å². The van der Waals surface area contributed by atoms with Crippen LogP contribution in [0.15, 0.2) is 0 Å². The van der Waals surface area contributed by atoms with Gasteiger partial charge in [0.2, 0.25) is 0 Å². The van der Waals surface area contributed by atoms with Gasteiger partial charge in [0.05, 0.1) is 12.3 Å². The normalized spacial score (nSPS) is 30.0. The predicted octanol–water partition coefficient (Wildman–Crippen LogP) is 3.31. The third kappa shape index (κ3) is 5.53. The van der Waals surface area contributed by atoms with Gasteiger partial charge < -0.3 is 24.0 Å². The summed E-state index contributed by atoms with van der Waals surface area (Å²) in [5.74, 6) is 0. The summed E-state index contributed by atoms with van der Waals surface area (Å²) in [5.41, 5.74) is 0.0216. The summed E-state index contributed by atoms with van der Waals surface area (Å²) in [6.07, 6.45) is 2.06. The Morgan fingerprint density at radius 1 is 1.24 bits per heavy atom. The van der Waals surface area contributed by atoms with E-state index in [0.29, 0.717) is 6.73 Å². The van der Waals surface area contributed by atoms with Crippen molar-refractivity contribution >= 4 is 0 Å². The first-order valence-corrected chi connectivity index (χ1v) is 5.25. The van der Waals surface area contributed by atoms with Gasteiger partial charge in [0.1, 0.15) is 0 Å². The Balaban J connectivity index is -0.000000653. The minimum absolute atomic E-state index is 0. The molecule has 122 valence electrons. The molecule has 1 fully saturated rings. The van der Waals surface area contributed by atoms with Crippen molar-refractivity contribution < 1.29 is 4.74 Å². The van der Waals surface area contributed by atoms with Gasteiger partial charge in [-0.1, -0.05) is 6.92 Å². The summed E-state index contributed by atoms with van der Waals surface area (Å²) in [7, 11) is 2.08. The van der Waals surface area contributed by atoms with E-state index in [1.54, 1.807) is 0 Å². The molecule has 1 aliphatic rings. The molecule has 1 saturated heterocycles. The molecule has 0 spiro atoms. The van der Waals surface area contributed by atoms with Crippen LogP contribution in [0, 0.1) is 25.8 Å². The largest absolute Gasteiger partial charge is 0.435 e. The maximum absolute atomic E-state index is 5.85. The molecule has 0 bridgehead atoms. The molecule has 2 radical (unpaired) electrons. The predicted molar refractivity (Wildman–Crippen MR) is 65.8 cm³/mol. The summed E-state index contributed by atoms with van der Waals surface area (Å²) in [6, 6.07) is 1.36. The van der Waals surface area contributed by atoms with Gasteiger partial charge >= 0.3 is 0 Å². The zero-order valence-corrected chi connectivity index (χ0v) is 16.0. The van der Waals surface area contributed by atoms with Crippen LogP contribution in [0.25, 0.3) is 0 Å². The molecule has 0 amide bonds. The molecule has 1 unspecified atom stereocenters. The zero-order chi connectivity index (χ0) is 11.0. The number of rotatable bonds is 0. The fraction of sp³-hybridized carbons (Fsp3) is 0.769. The summed E-state index contributed by atoms with van der Waals surface area (Å²) in [4.78, 5) is 2.17. The molecule has 1 heterocycles. The average Bonchev–Trinajstić information content (AvgIpc) is 1.95. The van der Waals surface area contributed by atoms with Crippen LogP contribution >= 0.6 is 0 Å². The molecule has 17 heavy (non-hydrogen) atoms. The second-order valence-electron chi connectivity index (χ2n) is 5.63. The average molecular weight is 736 g/mol. The smallest absolute Gasteiger partial charge is 0.0729 e. The second kappa shape index (κ2) is 5.86. The van der Waals surface area contributed by atoms with Crippen LogP contribution in [0.3, 0.4) is 0 Å². The zero-order valence-electron chi connectivity index (χ0n) is 11.7. The Bertz CT molecular complexity index is 208. The van der Waals surface area contributed by atoms with Crippen molar-refractivity contribution in [2.45, 2.75) is 46.1 Å². The Labute approximate surface area is 96.0 Å². The van der Waals surface area contributed by atoms with Crippen molar-refractivity contribution in [3.63, 3.8) is 0 Å². The summed E-state index contributed by atoms with van der Waals surface area (Å²) >= 11 is 0. The molecule has 1 atom stereocenters. The van der Waals surface area contributed by atoms with Gasteiger partial charge in [-0.3, -0.25) is 6.04 Å². The third-order valence-corrected chi connectivity index (χ3v) is 2.84. The van der Waals surface area contributed by atoms with Crippen molar-refractivity contribution in [2.24, 2.45) is 5.41 Å². The van der Waals surface area contributed by atoms with Crippen molar-refractivity contribution in [1.29, 1.82) is 0 Å². The topological polar surface area (TPSA) is 12.5 Å². The quantitative estimate of drug-likeness (QED) is 0.355. The Hall–Kier alpha value is -2.08. The van der Waals surface area contributed by atoms with Crippen LogP contribution < -0.4 is 0 Å². The Morgan fingerprint density at radius 2 is 1.71 bits per heavy atom. The van der Waals surface area contributed by atoms with Crippen LogP contribution in [0.1, 0.15) is 40.5 Å². The van der Waals surface area contributed by atoms with E-state index in [1.807, 2.05) is 0 Å². The van der Waals surface area contributed by atoms with E-state index in [0.717, 1.165) is 12.8 Å². The first-order chi connectivity index (χ1) is 6.22. The summed E-state index contributed by atoms with van der Waals surface area (Å²) in [5, 5.41) is 0. The Morgan fingerprint density at radius 3 is 2.18 bits per heavy atom. The molecular formula is C13H26Lr2NO-3. The van der Waals surface area contributed by atoms with Crippen LogP contribution in [0.2, 0.25) is 0 Å². The number of nitrogens with zero attached hydrogens (tertiary/aromatic N) is 1. The number of hydrogen-bond acceptors (Lipinski definition) is 2. The number of hydrogen-bond donors (Lipinski definition) is 0. The van der Waals surface area contributed by atoms with Crippen molar-refractivity contribution in [3.8, 4) is 0 Å². The van der Waals surface area contributed by atoms with Crippen molar-refractivity contribution in [1.82, 2.24) is 4.90 Å². The van der Waals surface area contributed by atoms with E-state index < -0.39 is 0 Å². The molecule has 1 rings (SSSR count). The first-order valence-electron chi connectivity index (χ1n) is 5.25. The molecule has 0 saturated carbocycles. The maximum atomic E-state index is 5.85. The standard InChI is InChI=1S/C12H23NO.CH3.2Lr/c1-10-7-11(2,3)8-12(4,5)14-9-13(10)6;;;/h2,7-9H2,1,3-6H3;1H3;;/q-2;-1;;. The molecular weight excluding hydrogens is 710 g/mol. The minimum Gasteiger partial charge on any atom is -0.435 e. The van der Waals surface area contributed by atoms with E-state index >= 15 is 0 Å². The van der Waals surface area contributed by atoms with Gasteiger partial charge in [-0.25, -0.2) is 0 Å². The minimum atomic E-state index is -0.0640. The third-order valence-electron chi connectivity index (χ3n) is 2.84. The van der Waals surface area contributed by atoms with Gasteiger partial charge in [0, 0.05) is 0 Å². The Kier molecular flexibility index (Phi) is 7.01. The molecule has 0 aromatic heterocycles. The van der Waals surface area contributed by atoms with Gasteiger partial charge in [-0.05, 0) is 27.3 Å². The molecule has 0 aliphatic carbocycles. The van der Waals surface area contributed by atoms with Gasteiger partial charge in [-0.2, -0.15) is 18.8 Å². The van der Waals surface area contributed by atoms with Crippen LogP contribution in [-0.4, -0.2) is 24.3 Å². The molecule has 0 aromatic rings. The van der Waals surface area contributed by atoms with Crippen LogP contribution in [0.5, 0.6) is 0 Å². The van der Waals surface area contributed by atoms with E-state index in [-0.39, 0.29) is 18.4 Å². The van der Waals surface area contributed by atoms with Gasteiger partial charge in [-0.15, -0.1) is 0 Å². The van der Waals surface area contributed by atoms with E-state index in [4.69, 9.17) is 4.74 Å². The molecule has 1 aliphatic heterocycles. The first kappa shape index (κ1) is 20.3. The molecule has 0 N–H and O–H groups in total. The fourth-order valence-electron chi connectivity index (χ4n) is 2.28. The fourth-order valence-corrected chi connectivity index (χ4v) is 2.28. The van der Waals surface area contributed by atoms with E-state index in [2.05, 4.69) is 46.6 Å². The van der Waals surface area contributed by atoms with Crippen LogP contribution in [-0.2, 0) is 4.74 Å². The van der Waals surface area contributed by atoms with E-state index in [1.165, 1.54) is 6.04 Å². The molecule has 2 nitrogen and oxygen atoms in total. The maximum Gasteiger partial charge on any atom is 0.0729 e.